The lowest BCUT2D eigenvalue weighted by molar-refractivity contribution is -0.385. The average Bonchev–Trinajstić information content (AvgIpc) is 2.90. The van der Waals surface area contributed by atoms with Crippen molar-refractivity contribution in [2.24, 2.45) is 0 Å². The van der Waals surface area contributed by atoms with E-state index in [1.165, 1.54) is 19.2 Å². The molecule has 0 aliphatic carbocycles. The van der Waals surface area contributed by atoms with Gasteiger partial charge in [0.15, 0.2) is 17.1 Å². The number of aliphatic hydroxyl groups is 1. The predicted octanol–water partition coefficient (Wildman–Crippen LogP) is 2.58. The van der Waals surface area contributed by atoms with Crippen molar-refractivity contribution < 1.29 is 24.4 Å². The molecule has 0 saturated carbocycles. The zero-order valence-electron chi connectivity index (χ0n) is 14.8. The topological polar surface area (TPSA) is 119 Å². The van der Waals surface area contributed by atoms with Gasteiger partial charge in [0.05, 0.1) is 18.5 Å². The number of anilines is 1. The van der Waals surface area contributed by atoms with Gasteiger partial charge in [-0.3, -0.25) is 19.7 Å². The van der Waals surface area contributed by atoms with Gasteiger partial charge in [-0.25, -0.2) is 0 Å². The van der Waals surface area contributed by atoms with Crippen LogP contribution < -0.4 is 10.1 Å². The Hall–Kier alpha value is -3.26. The van der Waals surface area contributed by atoms with Crippen molar-refractivity contribution in [3.8, 4) is 5.75 Å². The van der Waals surface area contributed by atoms with E-state index < -0.39 is 28.6 Å². The molecular weight excluding hydrogens is 352 g/mol. The Morgan fingerprint density at radius 1 is 1.30 bits per heavy atom. The highest BCUT2D eigenvalue weighted by atomic mass is 16.6. The lowest BCUT2D eigenvalue weighted by Crippen LogP contribution is -2.36. The van der Waals surface area contributed by atoms with E-state index in [4.69, 9.17) is 4.74 Å². The van der Waals surface area contributed by atoms with Gasteiger partial charge in [-0.2, -0.15) is 0 Å². The first kappa shape index (κ1) is 18.5. The molecule has 0 aromatic heterocycles. The quantitative estimate of drug-likeness (QED) is 0.458. The van der Waals surface area contributed by atoms with E-state index in [1.807, 2.05) is 13.0 Å². The molecule has 1 heterocycles. The smallest absolute Gasteiger partial charge is 0.311 e. The second kappa shape index (κ2) is 6.81. The SMILES string of the molecule is CCc1ccc2c(c1)[C@@](O)(CC(=O)c1ccc(OC)c([N+](=O)[O-])c1)C(=O)N2. The Labute approximate surface area is 154 Å². The van der Waals surface area contributed by atoms with Crippen LogP contribution in [0.25, 0.3) is 0 Å². The minimum Gasteiger partial charge on any atom is -0.490 e. The van der Waals surface area contributed by atoms with Gasteiger partial charge in [0, 0.05) is 22.9 Å². The highest BCUT2D eigenvalue weighted by Crippen LogP contribution is 2.40. The van der Waals surface area contributed by atoms with E-state index in [-0.39, 0.29) is 17.0 Å². The summed E-state index contributed by atoms with van der Waals surface area (Å²) in [6.07, 6.45) is 0.179. The fourth-order valence-electron chi connectivity index (χ4n) is 3.13. The number of ketones is 1. The van der Waals surface area contributed by atoms with Gasteiger partial charge in [0.1, 0.15) is 0 Å². The number of nitro benzene ring substituents is 1. The molecule has 0 saturated heterocycles. The number of methoxy groups -OCH3 is 1. The second-order valence-electron chi connectivity index (χ2n) is 6.29. The minimum absolute atomic E-state index is 0.0174. The Kier molecular flexibility index (Phi) is 4.67. The number of benzene rings is 2. The Morgan fingerprint density at radius 3 is 2.67 bits per heavy atom. The molecule has 0 radical (unpaired) electrons. The number of nitrogens with zero attached hydrogens (tertiary/aromatic N) is 1. The van der Waals surface area contributed by atoms with Gasteiger partial charge >= 0.3 is 5.69 Å². The molecule has 8 heteroatoms. The molecule has 3 rings (SSSR count). The zero-order valence-corrected chi connectivity index (χ0v) is 14.8. The van der Waals surface area contributed by atoms with E-state index in [0.29, 0.717) is 17.7 Å². The number of fused-ring (bicyclic) bond motifs is 1. The Balaban J connectivity index is 1.96. The van der Waals surface area contributed by atoms with Gasteiger partial charge in [-0.15, -0.1) is 0 Å². The summed E-state index contributed by atoms with van der Waals surface area (Å²) in [6.45, 7) is 1.94. The molecule has 2 aromatic carbocycles. The Morgan fingerprint density at radius 2 is 2.04 bits per heavy atom. The average molecular weight is 370 g/mol. The standard InChI is InChI=1S/C19H18N2O6/c1-3-11-4-6-14-13(8-11)19(24,18(23)20-14)10-16(22)12-5-7-17(27-2)15(9-12)21(25)26/h4-9,24H,3,10H2,1-2H3,(H,20,23)/t19-/m0/s1. The van der Waals surface area contributed by atoms with Gasteiger partial charge in [0.25, 0.3) is 5.91 Å². The number of hydrogen-bond donors (Lipinski definition) is 2. The molecule has 0 spiro atoms. The van der Waals surface area contributed by atoms with Crippen molar-refractivity contribution in [1.29, 1.82) is 0 Å². The highest BCUT2D eigenvalue weighted by Gasteiger charge is 2.47. The molecule has 140 valence electrons. The molecule has 2 N–H and O–H groups in total. The van der Waals surface area contributed by atoms with Crippen LogP contribution in [0, 0.1) is 10.1 Å². The molecule has 0 fully saturated rings. The van der Waals surface area contributed by atoms with Crippen molar-refractivity contribution in [1.82, 2.24) is 0 Å². The van der Waals surface area contributed by atoms with Gasteiger partial charge in [0.2, 0.25) is 0 Å². The molecule has 0 bridgehead atoms. The number of amides is 1. The number of hydrogen-bond acceptors (Lipinski definition) is 6. The van der Waals surface area contributed by atoms with Crippen LogP contribution in [-0.4, -0.2) is 28.8 Å². The fourth-order valence-corrected chi connectivity index (χ4v) is 3.13. The van der Waals surface area contributed by atoms with Crippen LogP contribution in [0.15, 0.2) is 36.4 Å². The van der Waals surface area contributed by atoms with Crippen molar-refractivity contribution >= 4 is 23.1 Å². The number of carbonyl (C=O) groups is 2. The molecule has 8 nitrogen and oxygen atoms in total. The molecule has 27 heavy (non-hydrogen) atoms. The number of nitro groups is 1. The summed E-state index contributed by atoms with van der Waals surface area (Å²) in [7, 11) is 1.29. The summed E-state index contributed by atoms with van der Waals surface area (Å²) in [5.74, 6) is -1.26. The summed E-state index contributed by atoms with van der Waals surface area (Å²) in [4.78, 5) is 35.5. The third kappa shape index (κ3) is 3.15. The van der Waals surface area contributed by atoms with Crippen molar-refractivity contribution in [2.75, 3.05) is 12.4 Å². The maximum absolute atomic E-state index is 12.7. The number of rotatable bonds is 6. The molecule has 1 atom stereocenters. The van der Waals surface area contributed by atoms with Crippen LogP contribution in [-0.2, 0) is 16.8 Å². The molecule has 1 aliphatic rings. The van der Waals surface area contributed by atoms with Crippen LogP contribution in [0.2, 0.25) is 0 Å². The summed E-state index contributed by atoms with van der Waals surface area (Å²) in [6, 6.07) is 8.98. The van der Waals surface area contributed by atoms with Crippen LogP contribution in [0.1, 0.15) is 34.8 Å². The van der Waals surface area contributed by atoms with Crippen LogP contribution in [0.3, 0.4) is 0 Å². The van der Waals surface area contributed by atoms with E-state index in [1.54, 1.807) is 12.1 Å². The number of carbonyl (C=O) groups excluding carboxylic acids is 2. The van der Waals surface area contributed by atoms with Crippen LogP contribution in [0.5, 0.6) is 5.75 Å². The third-order valence-corrected chi connectivity index (χ3v) is 4.68. The lowest BCUT2D eigenvalue weighted by Gasteiger charge is -2.20. The first-order valence-corrected chi connectivity index (χ1v) is 8.33. The zero-order chi connectivity index (χ0) is 19.8. The van der Waals surface area contributed by atoms with Crippen molar-refractivity contribution in [2.45, 2.75) is 25.4 Å². The Bertz CT molecular complexity index is 955. The third-order valence-electron chi connectivity index (χ3n) is 4.68. The monoisotopic (exact) mass is 370 g/mol. The minimum atomic E-state index is -2.02. The fraction of sp³-hybridized carbons (Fsp3) is 0.263. The molecule has 2 aromatic rings. The van der Waals surface area contributed by atoms with E-state index in [9.17, 15) is 24.8 Å². The van der Waals surface area contributed by atoms with E-state index in [2.05, 4.69) is 5.32 Å². The number of Topliss-reactive ketones (excluding diaryl/α,β-unsaturated/α-hetero) is 1. The van der Waals surface area contributed by atoms with Gasteiger partial charge in [-0.1, -0.05) is 19.1 Å². The first-order chi connectivity index (χ1) is 12.8. The van der Waals surface area contributed by atoms with Crippen LogP contribution in [0.4, 0.5) is 11.4 Å². The molecule has 0 unspecified atom stereocenters. The summed E-state index contributed by atoms with van der Waals surface area (Å²) >= 11 is 0. The maximum Gasteiger partial charge on any atom is 0.311 e. The number of ether oxygens (including phenoxy) is 1. The van der Waals surface area contributed by atoms with E-state index >= 15 is 0 Å². The number of nitrogens with one attached hydrogen (secondary N) is 1. The molecule has 1 aliphatic heterocycles. The largest absolute Gasteiger partial charge is 0.490 e. The van der Waals surface area contributed by atoms with Crippen molar-refractivity contribution in [3.05, 3.63) is 63.2 Å². The maximum atomic E-state index is 12.7. The van der Waals surface area contributed by atoms with Gasteiger partial charge in [-0.05, 0) is 30.2 Å². The van der Waals surface area contributed by atoms with Gasteiger partial charge < -0.3 is 15.2 Å². The van der Waals surface area contributed by atoms with E-state index in [0.717, 1.165) is 11.6 Å². The summed E-state index contributed by atoms with van der Waals surface area (Å²) in [5.41, 5.74) is -0.664. The molecular formula is C19H18N2O6. The summed E-state index contributed by atoms with van der Waals surface area (Å²) < 4.78 is 4.92. The van der Waals surface area contributed by atoms with Crippen molar-refractivity contribution in [3.63, 3.8) is 0 Å². The molecule has 1 amide bonds. The van der Waals surface area contributed by atoms with Crippen LogP contribution >= 0.6 is 0 Å². The highest BCUT2D eigenvalue weighted by molar-refractivity contribution is 6.09. The normalized spacial score (nSPS) is 18.0. The summed E-state index contributed by atoms with van der Waals surface area (Å²) in [5, 5.41) is 24.7. The first-order valence-electron chi connectivity index (χ1n) is 8.33. The second-order valence-corrected chi connectivity index (χ2v) is 6.29. The predicted molar refractivity (Wildman–Crippen MR) is 96.9 cm³/mol. The lowest BCUT2D eigenvalue weighted by atomic mass is 9.87. The number of aryl methyl sites for hydroxylation is 1.